The first-order valence-electron chi connectivity index (χ1n) is 4.57. The number of benzene rings is 1. The van der Waals surface area contributed by atoms with E-state index in [-0.39, 0.29) is 0 Å². The van der Waals surface area contributed by atoms with Crippen LogP contribution in [0.5, 0.6) is 0 Å². The summed E-state index contributed by atoms with van der Waals surface area (Å²) in [4.78, 5) is 6.68. The Morgan fingerprint density at radius 1 is 1.31 bits per heavy atom. The number of para-hydroxylation sites is 1. The van der Waals surface area contributed by atoms with Crippen LogP contribution in [0.1, 0.15) is 25.5 Å². The molecule has 0 fully saturated rings. The van der Waals surface area contributed by atoms with Gasteiger partial charge in [-0.2, -0.15) is 0 Å². The second kappa shape index (κ2) is 2.87. The fraction of sp³-hybridized carbons (Fsp3) is 0.364. The van der Waals surface area contributed by atoms with Crippen LogP contribution in [0.4, 0.5) is 5.69 Å². The number of fused-ring (bicyclic) bond motifs is 1. The second-order valence-corrected chi connectivity index (χ2v) is 3.47. The van der Waals surface area contributed by atoms with E-state index in [1.165, 1.54) is 11.3 Å². The molecular formula is C11H14N2. The van der Waals surface area contributed by atoms with Crippen LogP contribution in [0.15, 0.2) is 29.3 Å². The van der Waals surface area contributed by atoms with E-state index in [0.29, 0.717) is 6.04 Å². The lowest BCUT2D eigenvalue weighted by molar-refractivity contribution is 0.795. The number of hydrogen-bond acceptors (Lipinski definition) is 2. The third-order valence-electron chi connectivity index (χ3n) is 2.61. The van der Waals surface area contributed by atoms with Gasteiger partial charge in [0.15, 0.2) is 0 Å². The van der Waals surface area contributed by atoms with Crippen LogP contribution in [0, 0.1) is 0 Å². The van der Waals surface area contributed by atoms with Crippen molar-refractivity contribution < 1.29 is 0 Å². The zero-order valence-electron chi connectivity index (χ0n) is 8.28. The number of amidine groups is 1. The van der Waals surface area contributed by atoms with Crippen LogP contribution in [0.2, 0.25) is 0 Å². The highest BCUT2D eigenvalue weighted by molar-refractivity contribution is 5.97. The molecule has 2 rings (SSSR count). The summed E-state index contributed by atoms with van der Waals surface area (Å²) in [6.45, 7) is 4.18. The van der Waals surface area contributed by atoms with Crippen LogP contribution < -0.4 is 4.90 Å². The number of hydrogen-bond donors (Lipinski definition) is 0. The standard InChI is InChI=1S/C11H14N2/c1-8-10-6-4-5-7-11(10)13(3)9(2)12-8/h4-8H,1-3H3. The summed E-state index contributed by atoms with van der Waals surface area (Å²) in [6.07, 6.45) is 0. The number of anilines is 1. The summed E-state index contributed by atoms with van der Waals surface area (Å²) < 4.78 is 0. The summed E-state index contributed by atoms with van der Waals surface area (Å²) in [5.41, 5.74) is 2.60. The van der Waals surface area contributed by atoms with Gasteiger partial charge >= 0.3 is 0 Å². The predicted octanol–water partition coefficient (Wildman–Crippen LogP) is 2.62. The third kappa shape index (κ3) is 1.22. The average Bonchev–Trinajstić information content (AvgIpc) is 2.15. The van der Waals surface area contributed by atoms with Crippen LogP contribution in [-0.4, -0.2) is 12.9 Å². The summed E-state index contributed by atoms with van der Waals surface area (Å²) in [7, 11) is 2.06. The lowest BCUT2D eigenvalue weighted by Gasteiger charge is -2.29. The Morgan fingerprint density at radius 2 is 2.00 bits per heavy atom. The fourth-order valence-electron chi connectivity index (χ4n) is 1.76. The largest absolute Gasteiger partial charge is 0.333 e. The van der Waals surface area contributed by atoms with Gasteiger partial charge in [-0.05, 0) is 19.9 Å². The summed E-state index contributed by atoms with van der Waals surface area (Å²) in [5, 5.41) is 0. The molecule has 0 saturated carbocycles. The molecule has 1 atom stereocenters. The van der Waals surface area contributed by atoms with Crippen molar-refractivity contribution in [2.24, 2.45) is 4.99 Å². The molecule has 2 nitrogen and oxygen atoms in total. The molecule has 1 aliphatic rings. The Hall–Kier alpha value is -1.31. The maximum atomic E-state index is 4.55. The summed E-state index contributed by atoms with van der Waals surface area (Å²) in [5.74, 6) is 1.09. The van der Waals surface area contributed by atoms with Crippen molar-refractivity contribution in [1.29, 1.82) is 0 Å². The van der Waals surface area contributed by atoms with Crippen molar-refractivity contribution >= 4 is 11.5 Å². The first-order chi connectivity index (χ1) is 6.20. The van der Waals surface area contributed by atoms with Crippen LogP contribution >= 0.6 is 0 Å². The van der Waals surface area contributed by atoms with E-state index in [1.807, 2.05) is 6.92 Å². The first-order valence-corrected chi connectivity index (χ1v) is 4.57. The zero-order valence-corrected chi connectivity index (χ0v) is 8.28. The van der Waals surface area contributed by atoms with Crippen molar-refractivity contribution in [2.45, 2.75) is 19.9 Å². The monoisotopic (exact) mass is 174 g/mol. The van der Waals surface area contributed by atoms with Crippen LogP contribution in [0.3, 0.4) is 0 Å². The Kier molecular flexibility index (Phi) is 1.83. The van der Waals surface area contributed by atoms with Crippen LogP contribution in [0.25, 0.3) is 0 Å². The second-order valence-electron chi connectivity index (χ2n) is 3.47. The van der Waals surface area contributed by atoms with E-state index in [4.69, 9.17) is 0 Å². The maximum Gasteiger partial charge on any atom is 0.101 e. The smallest absolute Gasteiger partial charge is 0.101 e. The third-order valence-corrected chi connectivity index (χ3v) is 2.61. The molecule has 1 aromatic carbocycles. The van der Waals surface area contributed by atoms with Gasteiger partial charge in [-0.15, -0.1) is 0 Å². The molecule has 0 aliphatic carbocycles. The molecule has 1 unspecified atom stereocenters. The topological polar surface area (TPSA) is 15.6 Å². The predicted molar refractivity (Wildman–Crippen MR) is 56.4 cm³/mol. The average molecular weight is 174 g/mol. The lowest BCUT2D eigenvalue weighted by Crippen LogP contribution is -2.28. The van der Waals surface area contributed by atoms with E-state index >= 15 is 0 Å². The van der Waals surface area contributed by atoms with Gasteiger partial charge in [0.1, 0.15) is 5.84 Å². The molecule has 68 valence electrons. The Labute approximate surface area is 78.9 Å². The SMILES string of the molecule is CC1=NC(C)c2ccccc2N1C. The van der Waals surface area contributed by atoms with Gasteiger partial charge in [0.25, 0.3) is 0 Å². The van der Waals surface area contributed by atoms with Crippen molar-refractivity contribution in [3.63, 3.8) is 0 Å². The molecule has 0 aromatic heterocycles. The fourth-order valence-corrected chi connectivity index (χ4v) is 1.76. The van der Waals surface area contributed by atoms with Gasteiger partial charge in [0.2, 0.25) is 0 Å². The minimum absolute atomic E-state index is 0.299. The number of nitrogens with zero attached hydrogens (tertiary/aromatic N) is 2. The molecule has 1 heterocycles. The lowest BCUT2D eigenvalue weighted by atomic mass is 10.0. The highest BCUT2D eigenvalue weighted by Gasteiger charge is 2.18. The summed E-state index contributed by atoms with van der Waals surface area (Å²) >= 11 is 0. The Bertz CT molecular complexity index is 355. The van der Waals surface area contributed by atoms with Crippen molar-refractivity contribution in [3.05, 3.63) is 29.8 Å². The molecule has 1 aliphatic heterocycles. The van der Waals surface area contributed by atoms with Crippen molar-refractivity contribution in [3.8, 4) is 0 Å². The molecule has 0 amide bonds. The Balaban J connectivity index is 2.55. The van der Waals surface area contributed by atoms with Gasteiger partial charge in [-0.25, -0.2) is 0 Å². The quantitative estimate of drug-likeness (QED) is 0.590. The summed E-state index contributed by atoms with van der Waals surface area (Å²) in [6, 6.07) is 8.73. The maximum absolute atomic E-state index is 4.55. The highest BCUT2D eigenvalue weighted by atomic mass is 15.2. The van der Waals surface area contributed by atoms with Crippen LogP contribution in [-0.2, 0) is 0 Å². The van der Waals surface area contributed by atoms with Gasteiger partial charge in [-0.1, -0.05) is 18.2 Å². The van der Waals surface area contributed by atoms with Crippen molar-refractivity contribution in [1.82, 2.24) is 0 Å². The minimum Gasteiger partial charge on any atom is -0.333 e. The molecule has 0 spiro atoms. The van der Waals surface area contributed by atoms with E-state index in [1.54, 1.807) is 0 Å². The molecule has 0 saturated heterocycles. The molecule has 0 bridgehead atoms. The number of rotatable bonds is 0. The van der Waals surface area contributed by atoms with Crippen molar-refractivity contribution in [2.75, 3.05) is 11.9 Å². The zero-order chi connectivity index (χ0) is 9.42. The first kappa shape index (κ1) is 8.30. The van der Waals surface area contributed by atoms with Gasteiger partial charge in [0, 0.05) is 18.3 Å². The molecule has 13 heavy (non-hydrogen) atoms. The highest BCUT2D eigenvalue weighted by Crippen LogP contribution is 2.31. The molecule has 1 aromatic rings. The Morgan fingerprint density at radius 3 is 2.77 bits per heavy atom. The number of aliphatic imine (C=N–C) groups is 1. The van der Waals surface area contributed by atoms with Gasteiger partial charge in [0.05, 0.1) is 6.04 Å². The molecule has 2 heteroatoms. The van der Waals surface area contributed by atoms with E-state index in [2.05, 4.69) is 48.1 Å². The van der Waals surface area contributed by atoms with E-state index in [9.17, 15) is 0 Å². The normalized spacial score (nSPS) is 21.0. The molecular weight excluding hydrogens is 160 g/mol. The molecule has 0 N–H and O–H groups in total. The van der Waals surface area contributed by atoms with Gasteiger partial charge < -0.3 is 4.90 Å². The van der Waals surface area contributed by atoms with E-state index in [0.717, 1.165) is 5.84 Å². The molecule has 0 radical (unpaired) electrons. The minimum atomic E-state index is 0.299. The van der Waals surface area contributed by atoms with E-state index < -0.39 is 0 Å². The van der Waals surface area contributed by atoms with Gasteiger partial charge in [-0.3, -0.25) is 4.99 Å².